The second-order valence-electron chi connectivity index (χ2n) is 3.74. The van der Waals surface area contributed by atoms with E-state index in [1.165, 1.54) is 0 Å². The van der Waals surface area contributed by atoms with E-state index >= 15 is 0 Å². The molecule has 0 saturated carbocycles. The summed E-state index contributed by atoms with van der Waals surface area (Å²) < 4.78 is 28.2. The molecular weight excluding hydrogens is 235 g/mol. The molecule has 0 aliphatic carbocycles. The molecule has 4 unspecified atom stereocenters. The lowest BCUT2D eigenvalue weighted by molar-refractivity contribution is -0.259. The Hall–Kier alpha value is -1.21. The van der Waals surface area contributed by atoms with Gasteiger partial charge in [-0.15, -0.1) is 0 Å². The molecule has 1 aliphatic heterocycles. The molecule has 0 aromatic heterocycles. The molecule has 6 nitrogen and oxygen atoms in total. The van der Waals surface area contributed by atoms with Crippen molar-refractivity contribution in [2.75, 3.05) is 6.61 Å². The van der Waals surface area contributed by atoms with Crippen molar-refractivity contribution in [2.45, 2.75) is 44.9 Å². The van der Waals surface area contributed by atoms with Crippen LogP contribution in [0.2, 0.25) is 0 Å². The number of aliphatic hydroxyl groups excluding tert-OH is 1. The molecule has 0 bridgehead atoms. The number of alkyl halides is 1. The Balaban J connectivity index is 2.74. The highest BCUT2D eigenvalue weighted by Crippen LogP contribution is 2.26. The molecule has 4 atom stereocenters. The number of esters is 2. The minimum absolute atomic E-state index is 0.119. The Kier molecular flexibility index (Phi) is 4.83. The number of ether oxygens (including phenoxy) is 3. The first-order valence-corrected chi connectivity index (χ1v) is 5.19. The highest BCUT2D eigenvalue weighted by atomic mass is 19.1. The van der Waals surface area contributed by atoms with Gasteiger partial charge in [0, 0.05) is 20.3 Å². The molecule has 7 heteroatoms. The van der Waals surface area contributed by atoms with Crippen LogP contribution < -0.4 is 0 Å². The zero-order valence-electron chi connectivity index (χ0n) is 9.59. The largest absolute Gasteiger partial charge is 0.453 e. The highest BCUT2D eigenvalue weighted by molar-refractivity contribution is 5.67. The predicted molar refractivity (Wildman–Crippen MR) is 52.6 cm³/mol. The zero-order valence-corrected chi connectivity index (χ0v) is 9.59. The minimum Gasteiger partial charge on any atom is -0.453 e. The number of hydrogen-bond acceptors (Lipinski definition) is 6. The fourth-order valence-electron chi connectivity index (χ4n) is 1.58. The van der Waals surface area contributed by atoms with Gasteiger partial charge in [0.2, 0.25) is 6.29 Å². The molecular formula is C10H15FO6. The van der Waals surface area contributed by atoms with E-state index in [9.17, 15) is 14.0 Å². The van der Waals surface area contributed by atoms with Crippen molar-refractivity contribution in [1.29, 1.82) is 0 Å². The van der Waals surface area contributed by atoms with Crippen LogP contribution in [-0.4, -0.2) is 48.3 Å². The van der Waals surface area contributed by atoms with Crippen LogP contribution in [0.15, 0.2) is 0 Å². The monoisotopic (exact) mass is 250 g/mol. The Morgan fingerprint density at radius 2 is 1.94 bits per heavy atom. The Labute approximate surface area is 97.6 Å². The molecule has 1 N–H and O–H groups in total. The average molecular weight is 250 g/mol. The van der Waals surface area contributed by atoms with Gasteiger partial charge in [-0.2, -0.15) is 0 Å². The zero-order chi connectivity index (χ0) is 13.0. The summed E-state index contributed by atoms with van der Waals surface area (Å²) in [5.74, 6) is -1.38. The van der Waals surface area contributed by atoms with Crippen molar-refractivity contribution >= 4 is 11.9 Å². The maximum atomic E-state index is 13.7. The van der Waals surface area contributed by atoms with E-state index in [1.807, 2.05) is 0 Å². The molecule has 1 fully saturated rings. The summed E-state index contributed by atoms with van der Waals surface area (Å²) in [5.41, 5.74) is 0. The first kappa shape index (κ1) is 13.9. The average Bonchev–Trinajstić information content (AvgIpc) is 2.21. The van der Waals surface area contributed by atoms with E-state index in [2.05, 4.69) is 0 Å². The third kappa shape index (κ3) is 3.94. The van der Waals surface area contributed by atoms with E-state index in [0.29, 0.717) is 0 Å². The smallest absolute Gasteiger partial charge is 0.305 e. The Bertz CT molecular complexity index is 295. The summed E-state index contributed by atoms with van der Waals surface area (Å²) in [7, 11) is 0. The second-order valence-corrected chi connectivity index (χ2v) is 3.74. The fourth-order valence-corrected chi connectivity index (χ4v) is 1.58. The fraction of sp³-hybridized carbons (Fsp3) is 0.800. The summed E-state index contributed by atoms with van der Waals surface area (Å²) in [5, 5.41) is 8.89. The number of carbonyl (C=O) groups is 2. The van der Waals surface area contributed by atoms with E-state index in [4.69, 9.17) is 19.3 Å². The van der Waals surface area contributed by atoms with Crippen LogP contribution in [0, 0.1) is 0 Å². The van der Waals surface area contributed by atoms with Crippen molar-refractivity contribution in [3.05, 3.63) is 0 Å². The van der Waals surface area contributed by atoms with Crippen molar-refractivity contribution in [1.82, 2.24) is 0 Å². The van der Waals surface area contributed by atoms with Gasteiger partial charge in [-0.3, -0.25) is 9.59 Å². The van der Waals surface area contributed by atoms with Crippen molar-refractivity contribution in [2.24, 2.45) is 0 Å². The predicted octanol–water partition coefficient (Wildman–Crippen LogP) is -0.0734. The summed E-state index contributed by atoms with van der Waals surface area (Å²) in [4.78, 5) is 21.6. The SMILES string of the molecule is CC(=O)OC1OC(CO)CC(F)C1OC(C)=O. The third-order valence-electron chi connectivity index (χ3n) is 2.23. The van der Waals surface area contributed by atoms with Gasteiger partial charge in [0.05, 0.1) is 12.7 Å². The Morgan fingerprint density at radius 1 is 1.35 bits per heavy atom. The molecule has 98 valence electrons. The van der Waals surface area contributed by atoms with Gasteiger partial charge < -0.3 is 19.3 Å². The number of hydrogen-bond donors (Lipinski definition) is 1. The van der Waals surface area contributed by atoms with Gasteiger partial charge >= 0.3 is 11.9 Å². The lowest BCUT2D eigenvalue weighted by atomic mass is 10.0. The van der Waals surface area contributed by atoms with Crippen molar-refractivity contribution in [3.8, 4) is 0 Å². The lowest BCUT2D eigenvalue weighted by Crippen LogP contribution is -2.51. The van der Waals surface area contributed by atoms with Crippen LogP contribution in [0.3, 0.4) is 0 Å². The van der Waals surface area contributed by atoms with Gasteiger partial charge in [-0.1, -0.05) is 0 Å². The first-order chi connectivity index (χ1) is 7.93. The van der Waals surface area contributed by atoms with Gasteiger partial charge in [-0.25, -0.2) is 4.39 Å². The van der Waals surface area contributed by atoms with Crippen LogP contribution in [0.5, 0.6) is 0 Å². The number of halogens is 1. The van der Waals surface area contributed by atoms with Crippen LogP contribution >= 0.6 is 0 Å². The van der Waals surface area contributed by atoms with Crippen molar-refractivity contribution in [3.63, 3.8) is 0 Å². The third-order valence-corrected chi connectivity index (χ3v) is 2.23. The second kappa shape index (κ2) is 5.92. The van der Waals surface area contributed by atoms with Gasteiger partial charge in [0.1, 0.15) is 6.17 Å². The lowest BCUT2D eigenvalue weighted by Gasteiger charge is -2.36. The molecule has 0 aromatic rings. The topological polar surface area (TPSA) is 82.1 Å². The number of aliphatic hydroxyl groups is 1. The number of carbonyl (C=O) groups excluding carboxylic acids is 2. The minimum atomic E-state index is -1.55. The summed E-state index contributed by atoms with van der Waals surface area (Å²) in [6.45, 7) is 1.85. The normalized spacial score (nSPS) is 32.9. The summed E-state index contributed by atoms with van der Waals surface area (Å²) in [6.07, 6.45) is -5.06. The van der Waals surface area contributed by atoms with Crippen molar-refractivity contribution < 1.29 is 33.3 Å². The molecule has 0 spiro atoms. The molecule has 0 amide bonds. The van der Waals surface area contributed by atoms with Crippen LogP contribution in [0.4, 0.5) is 4.39 Å². The number of rotatable bonds is 3. The summed E-state index contributed by atoms with van der Waals surface area (Å²) >= 11 is 0. The molecule has 1 heterocycles. The standard InChI is InChI=1S/C10H15FO6/c1-5(13)15-9-8(11)3-7(4-12)17-10(9)16-6(2)14/h7-10,12H,3-4H2,1-2H3. The van der Waals surface area contributed by atoms with Gasteiger partial charge in [0.15, 0.2) is 6.10 Å². The van der Waals surface area contributed by atoms with Gasteiger partial charge in [-0.05, 0) is 0 Å². The maximum Gasteiger partial charge on any atom is 0.305 e. The van der Waals surface area contributed by atoms with Crippen LogP contribution in [-0.2, 0) is 23.8 Å². The van der Waals surface area contributed by atoms with Gasteiger partial charge in [0.25, 0.3) is 0 Å². The van der Waals surface area contributed by atoms with Crippen LogP contribution in [0.1, 0.15) is 20.3 Å². The maximum absolute atomic E-state index is 13.7. The van der Waals surface area contributed by atoms with E-state index < -0.39 is 43.2 Å². The van der Waals surface area contributed by atoms with Crippen LogP contribution in [0.25, 0.3) is 0 Å². The highest BCUT2D eigenvalue weighted by Gasteiger charge is 2.43. The first-order valence-electron chi connectivity index (χ1n) is 5.19. The summed E-state index contributed by atoms with van der Waals surface area (Å²) in [6, 6.07) is 0. The molecule has 1 saturated heterocycles. The Morgan fingerprint density at radius 3 is 2.41 bits per heavy atom. The van der Waals surface area contributed by atoms with E-state index in [-0.39, 0.29) is 6.42 Å². The molecule has 1 rings (SSSR count). The quantitative estimate of drug-likeness (QED) is 0.706. The molecule has 1 aliphatic rings. The van der Waals surface area contributed by atoms with E-state index in [0.717, 1.165) is 13.8 Å². The molecule has 17 heavy (non-hydrogen) atoms. The molecule has 0 radical (unpaired) electrons. The molecule has 0 aromatic carbocycles. The van der Waals surface area contributed by atoms with E-state index in [1.54, 1.807) is 0 Å².